The Morgan fingerprint density at radius 3 is 2.67 bits per heavy atom. The largest absolute Gasteiger partial charge is 0.303 e. The molecule has 2 heteroatoms. The predicted octanol–water partition coefficient (Wildman–Crippen LogP) is 1.83. The van der Waals surface area contributed by atoms with E-state index in [0.717, 1.165) is 31.8 Å². The van der Waals surface area contributed by atoms with Crippen molar-refractivity contribution in [1.82, 2.24) is 0 Å². The summed E-state index contributed by atoms with van der Waals surface area (Å²) in [6.45, 7) is 3.88. The first-order valence-electron chi connectivity index (χ1n) is 4.55. The molecular formula is C10H16O2. The molecule has 0 aliphatic heterocycles. The van der Waals surface area contributed by atoms with Crippen LogP contribution in [0.1, 0.15) is 33.1 Å². The smallest absolute Gasteiger partial charge is 0.126 e. The minimum atomic E-state index is -0.236. The lowest BCUT2D eigenvalue weighted by Gasteiger charge is -2.27. The Morgan fingerprint density at radius 1 is 1.50 bits per heavy atom. The summed E-state index contributed by atoms with van der Waals surface area (Å²) in [6.07, 6.45) is 5.05. The minimum Gasteiger partial charge on any atom is -0.303 e. The number of hydrogen-bond acceptors (Lipinski definition) is 2. The molecule has 0 heterocycles. The van der Waals surface area contributed by atoms with Gasteiger partial charge in [-0.25, -0.2) is 0 Å². The van der Waals surface area contributed by atoms with Gasteiger partial charge >= 0.3 is 0 Å². The van der Waals surface area contributed by atoms with Gasteiger partial charge in [0.05, 0.1) is 0 Å². The lowest BCUT2D eigenvalue weighted by Crippen LogP contribution is -2.29. The standard InChI is InChI=1S/C10H16O2/c1-8(6-11)9-4-3-5-10(9,2)7-12/h6-9H,3-5H2,1-2H3/t8-,9?,10?/m0/s1. The van der Waals surface area contributed by atoms with Gasteiger partial charge in [-0.2, -0.15) is 0 Å². The highest BCUT2D eigenvalue weighted by molar-refractivity contribution is 5.63. The maximum atomic E-state index is 10.8. The van der Waals surface area contributed by atoms with Gasteiger partial charge in [0.25, 0.3) is 0 Å². The number of carbonyl (C=O) groups excluding carboxylic acids is 2. The maximum absolute atomic E-state index is 10.8. The van der Waals surface area contributed by atoms with Crippen molar-refractivity contribution in [2.75, 3.05) is 0 Å². The molecule has 0 aromatic carbocycles. The van der Waals surface area contributed by atoms with E-state index in [2.05, 4.69) is 0 Å². The Balaban J connectivity index is 2.75. The average molecular weight is 168 g/mol. The van der Waals surface area contributed by atoms with Gasteiger partial charge in [-0.1, -0.05) is 20.3 Å². The Morgan fingerprint density at radius 2 is 2.17 bits per heavy atom. The van der Waals surface area contributed by atoms with Gasteiger partial charge in [0.15, 0.2) is 0 Å². The summed E-state index contributed by atoms with van der Waals surface area (Å²) in [7, 11) is 0. The molecule has 0 radical (unpaired) electrons. The van der Waals surface area contributed by atoms with Crippen molar-refractivity contribution >= 4 is 12.6 Å². The van der Waals surface area contributed by atoms with Crippen LogP contribution in [0.25, 0.3) is 0 Å². The highest BCUT2D eigenvalue weighted by Crippen LogP contribution is 2.44. The van der Waals surface area contributed by atoms with Crippen LogP contribution >= 0.6 is 0 Å². The van der Waals surface area contributed by atoms with Crippen molar-refractivity contribution in [2.24, 2.45) is 17.3 Å². The topological polar surface area (TPSA) is 34.1 Å². The Labute approximate surface area is 73.3 Å². The molecule has 0 bridgehead atoms. The van der Waals surface area contributed by atoms with Crippen LogP contribution in [0.5, 0.6) is 0 Å². The van der Waals surface area contributed by atoms with Gasteiger partial charge in [0, 0.05) is 11.3 Å². The third kappa shape index (κ3) is 1.43. The van der Waals surface area contributed by atoms with E-state index in [1.54, 1.807) is 0 Å². The molecule has 0 saturated heterocycles. The Hall–Kier alpha value is -0.660. The zero-order chi connectivity index (χ0) is 9.19. The molecule has 0 N–H and O–H groups in total. The molecular weight excluding hydrogens is 152 g/mol. The van der Waals surface area contributed by atoms with Crippen LogP contribution in [0.3, 0.4) is 0 Å². The molecule has 0 aromatic heterocycles. The molecule has 12 heavy (non-hydrogen) atoms. The van der Waals surface area contributed by atoms with Crippen LogP contribution in [-0.4, -0.2) is 12.6 Å². The molecule has 1 aliphatic carbocycles. The second-order valence-corrected chi connectivity index (χ2v) is 4.12. The Bertz CT molecular complexity index is 188. The van der Waals surface area contributed by atoms with E-state index in [1.165, 1.54) is 0 Å². The fourth-order valence-corrected chi connectivity index (χ4v) is 2.32. The fraction of sp³-hybridized carbons (Fsp3) is 0.800. The van der Waals surface area contributed by atoms with Crippen LogP contribution in [-0.2, 0) is 9.59 Å². The zero-order valence-electron chi connectivity index (χ0n) is 7.75. The highest BCUT2D eigenvalue weighted by atomic mass is 16.1. The molecule has 0 amide bonds. The lowest BCUT2D eigenvalue weighted by molar-refractivity contribution is -0.120. The normalized spacial score (nSPS) is 37.7. The van der Waals surface area contributed by atoms with Gasteiger partial charge in [-0.3, -0.25) is 0 Å². The van der Waals surface area contributed by atoms with Gasteiger partial charge in [0.2, 0.25) is 0 Å². The average Bonchev–Trinajstić information content (AvgIpc) is 2.47. The molecule has 68 valence electrons. The summed E-state index contributed by atoms with van der Waals surface area (Å²) in [5.74, 6) is 0.301. The van der Waals surface area contributed by atoms with E-state index in [1.807, 2.05) is 13.8 Å². The molecule has 3 atom stereocenters. The molecule has 2 unspecified atom stereocenters. The van der Waals surface area contributed by atoms with E-state index >= 15 is 0 Å². The third-order valence-electron chi connectivity index (χ3n) is 3.20. The fourth-order valence-electron chi connectivity index (χ4n) is 2.32. The summed E-state index contributed by atoms with van der Waals surface area (Å²) < 4.78 is 0. The first-order chi connectivity index (χ1) is 5.64. The van der Waals surface area contributed by atoms with Crippen LogP contribution in [0, 0.1) is 17.3 Å². The lowest BCUT2D eigenvalue weighted by atomic mass is 9.75. The molecule has 1 fully saturated rings. The van der Waals surface area contributed by atoms with E-state index in [9.17, 15) is 9.59 Å². The first-order valence-corrected chi connectivity index (χ1v) is 4.55. The number of aldehydes is 2. The van der Waals surface area contributed by atoms with Crippen molar-refractivity contribution in [2.45, 2.75) is 33.1 Å². The monoisotopic (exact) mass is 168 g/mol. The molecule has 0 spiro atoms. The number of hydrogen-bond donors (Lipinski definition) is 0. The summed E-state index contributed by atoms with van der Waals surface area (Å²) in [5.41, 5.74) is -0.236. The van der Waals surface area contributed by atoms with Gasteiger partial charge in [-0.15, -0.1) is 0 Å². The second kappa shape index (κ2) is 3.38. The maximum Gasteiger partial charge on any atom is 0.126 e. The highest BCUT2D eigenvalue weighted by Gasteiger charge is 2.41. The van der Waals surface area contributed by atoms with Crippen molar-refractivity contribution < 1.29 is 9.59 Å². The molecule has 0 aromatic rings. The third-order valence-corrected chi connectivity index (χ3v) is 3.20. The predicted molar refractivity (Wildman–Crippen MR) is 46.7 cm³/mol. The first kappa shape index (κ1) is 9.43. The van der Waals surface area contributed by atoms with Crippen molar-refractivity contribution in [3.63, 3.8) is 0 Å². The van der Waals surface area contributed by atoms with Crippen molar-refractivity contribution in [3.05, 3.63) is 0 Å². The second-order valence-electron chi connectivity index (χ2n) is 4.12. The summed E-state index contributed by atoms with van der Waals surface area (Å²) in [6, 6.07) is 0. The number of carbonyl (C=O) groups is 2. The van der Waals surface area contributed by atoms with Crippen LogP contribution in [0.2, 0.25) is 0 Å². The quantitative estimate of drug-likeness (QED) is 0.602. The van der Waals surface area contributed by atoms with E-state index < -0.39 is 0 Å². The van der Waals surface area contributed by atoms with Crippen LogP contribution < -0.4 is 0 Å². The SMILES string of the molecule is C[C@@H](C=O)C1CCCC1(C)C=O. The summed E-state index contributed by atoms with van der Waals surface area (Å²) in [4.78, 5) is 21.4. The van der Waals surface area contributed by atoms with Crippen molar-refractivity contribution in [3.8, 4) is 0 Å². The zero-order valence-corrected chi connectivity index (χ0v) is 7.75. The van der Waals surface area contributed by atoms with E-state index in [4.69, 9.17) is 0 Å². The summed E-state index contributed by atoms with van der Waals surface area (Å²) in [5, 5.41) is 0. The summed E-state index contributed by atoms with van der Waals surface area (Å²) >= 11 is 0. The van der Waals surface area contributed by atoms with Crippen molar-refractivity contribution in [1.29, 1.82) is 0 Å². The minimum absolute atomic E-state index is 0.0303. The van der Waals surface area contributed by atoms with E-state index in [-0.39, 0.29) is 17.3 Å². The molecule has 1 aliphatic rings. The van der Waals surface area contributed by atoms with E-state index in [0.29, 0.717) is 0 Å². The molecule has 1 saturated carbocycles. The van der Waals surface area contributed by atoms with Crippen LogP contribution in [0.15, 0.2) is 0 Å². The molecule has 1 rings (SSSR count). The van der Waals surface area contributed by atoms with Crippen LogP contribution in [0.4, 0.5) is 0 Å². The Kier molecular flexibility index (Phi) is 2.65. The van der Waals surface area contributed by atoms with Gasteiger partial charge in [0.1, 0.15) is 12.6 Å². The van der Waals surface area contributed by atoms with Gasteiger partial charge < -0.3 is 9.59 Å². The molecule has 2 nitrogen and oxygen atoms in total. The number of rotatable bonds is 3. The van der Waals surface area contributed by atoms with Gasteiger partial charge in [-0.05, 0) is 18.8 Å².